The number of amides is 1. The van der Waals surface area contributed by atoms with Gasteiger partial charge in [-0.1, -0.05) is 30.3 Å². The average molecular weight is 324 g/mol. The number of nitrogens with one attached hydrogen (secondary N) is 1. The first kappa shape index (κ1) is 16.5. The highest BCUT2D eigenvalue weighted by molar-refractivity contribution is 5.94. The Bertz CT molecular complexity index is 715. The number of likely N-dealkylation sites (N-methyl/N-ethyl adjacent to an activating group) is 1. The minimum absolute atomic E-state index is 0.0427. The Morgan fingerprint density at radius 1 is 1.17 bits per heavy atom. The first-order chi connectivity index (χ1) is 11.6. The van der Waals surface area contributed by atoms with Gasteiger partial charge in [-0.25, -0.2) is 0 Å². The molecule has 0 saturated carbocycles. The number of hydrogen-bond donors (Lipinski definition) is 1. The van der Waals surface area contributed by atoms with Crippen molar-refractivity contribution in [3.8, 4) is 5.75 Å². The molecule has 2 atom stereocenters. The van der Waals surface area contributed by atoms with Crippen LogP contribution in [0.3, 0.4) is 0 Å². The van der Waals surface area contributed by atoms with E-state index in [-0.39, 0.29) is 17.7 Å². The molecule has 1 N–H and O–H groups in total. The van der Waals surface area contributed by atoms with Crippen LogP contribution in [0.15, 0.2) is 48.5 Å². The van der Waals surface area contributed by atoms with E-state index in [0.717, 1.165) is 30.1 Å². The fourth-order valence-corrected chi connectivity index (χ4v) is 3.43. The Hall–Kier alpha value is -2.33. The molecule has 4 nitrogen and oxygen atoms in total. The summed E-state index contributed by atoms with van der Waals surface area (Å²) in [4.78, 5) is 15.1. The van der Waals surface area contributed by atoms with Gasteiger partial charge in [0.1, 0.15) is 5.75 Å². The number of carbonyl (C=O) groups excluding carboxylic acids is 1. The summed E-state index contributed by atoms with van der Waals surface area (Å²) in [6, 6.07) is 16.0. The Kier molecular flexibility index (Phi) is 4.86. The van der Waals surface area contributed by atoms with Crippen LogP contribution in [0.25, 0.3) is 0 Å². The molecule has 1 heterocycles. The van der Waals surface area contributed by atoms with Gasteiger partial charge in [-0.3, -0.25) is 4.79 Å². The fraction of sp³-hybridized carbons (Fsp3) is 0.350. The normalized spacial score (nSPS) is 20.8. The highest BCUT2D eigenvalue weighted by Crippen LogP contribution is 2.33. The summed E-state index contributed by atoms with van der Waals surface area (Å²) >= 11 is 0. The topological polar surface area (TPSA) is 41.6 Å². The lowest BCUT2D eigenvalue weighted by Crippen LogP contribution is -2.28. The fourth-order valence-electron chi connectivity index (χ4n) is 3.43. The lowest BCUT2D eigenvalue weighted by molar-refractivity contribution is -0.119. The van der Waals surface area contributed by atoms with Crippen LogP contribution in [0, 0.1) is 12.8 Å². The molecule has 3 rings (SSSR count). The minimum Gasteiger partial charge on any atom is -0.497 e. The van der Waals surface area contributed by atoms with Crippen LogP contribution in [0.1, 0.15) is 17.0 Å². The van der Waals surface area contributed by atoms with Crippen molar-refractivity contribution in [3.05, 3.63) is 59.7 Å². The summed E-state index contributed by atoms with van der Waals surface area (Å²) in [5.74, 6) is 1.07. The highest BCUT2D eigenvalue weighted by Gasteiger charge is 2.37. The third-order valence-electron chi connectivity index (χ3n) is 4.76. The number of rotatable bonds is 4. The molecule has 1 fully saturated rings. The number of hydrogen-bond acceptors (Lipinski definition) is 3. The number of aryl methyl sites for hydroxylation is 1. The predicted octanol–water partition coefficient (Wildman–Crippen LogP) is 3.29. The van der Waals surface area contributed by atoms with E-state index < -0.39 is 0 Å². The lowest BCUT2D eigenvalue weighted by Gasteiger charge is -2.19. The van der Waals surface area contributed by atoms with Crippen LogP contribution in [0.4, 0.5) is 5.69 Å². The van der Waals surface area contributed by atoms with Crippen LogP contribution in [0.5, 0.6) is 5.75 Å². The van der Waals surface area contributed by atoms with Crippen molar-refractivity contribution in [2.24, 2.45) is 5.92 Å². The first-order valence-electron chi connectivity index (χ1n) is 8.27. The maximum absolute atomic E-state index is 12.9. The summed E-state index contributed by atoms with van der Waals surface area (Å²) < 4.78 is 5.22. The van der Waals surface area contributed by atoms with Gasteiger partial charge in [0.15, 0.2) is 0 Å². The predicted molar refractivity (Wildman–Crippen MR) is 96.5 cm³/mol. The summed E-state index contributed by atoms with van der Waals surface area (Å²) in [5, 5.41) is 3.10. The van der Waals surface area contributed by atoms with E-state index in [4.69, 9.17) is 4.74 Å². The molecular formula is C20H24N2O2. The van der Waals surface area contributed by atoms with Crippen LogP contribution in [0.2, 0.25) is 0 Å². The molecule has 4 heteroatoms. The van der Waals surface area contributed by atoms with E-state index >= 15 is 0 Å². The molecule has 0 aromatic heterocycles. The summed E-state index contributed by atoms with van der Waals surface area (Å²) in [5.41, 5.74) is 3.08. The number of likely N-dealkylation sites (tertiary alicyclic amines) is 1. The van der Waals surface area contributed by atoms with Crippen LogP contribution < -0.4 is 10.1 Å². The van der Waals surface area contributed by atoms with Crippen molar-refractivity contribution >= 4 is 11.6 Å². The SMILES string of the molecule is COc1ccc(NC(=O)[C@H]2CN(C)C[C@@H]2c2ccccc2)c(C)c1. The molecule has 1 aliphatic heterocycles. The third-order valence-corrected chi connectivity index (χ3v) is 4.76. The Morgan fingerprint density at radius 3 is 2.58 bits per heavy atom. The van der Waals surface area contributed by atoms with Gasteiger partial charge in [-0.2, -0.15) is 0 Å². The van der Waals surface area contributed by atoms with E-state index in [1.807, 2.05) is 43.3 Å². The van der Waals surface area contributed by atoms with Crippen molar-refractivity contribution in [2.45, 2.75) is 12.8 Å². The van der Waals surface area contributed by atoms with Crippen LogP contribution in [-0.4, -0.2) is 38.1 Å². The number of anilines is 1. The number of ether oxygens (including phenoxy) is 1. The molecule has 1 aliphatic rings. The second kappa shape index (κ2) is 7.05. The zero-order chi connectivity index (χ0) is 17.1. The molecule has 2 aromatic carbocycles. The second-order valence-corrected chi connectivity index (χ2v) is 6.51. The van der Waals surface area contributed by atoms with E-state index in [2.05, 4.69) is 29.4 Å². The largest absolute Gasteiger partial charge is 0.497 e. The standard InChI is InChI=1S/C20H24N2O2/c1-14-11-16(24-3)9-10-19(14)21-20(23)18-13-22(2)12-17(18)15-7-5-4-6-8-15/h4-11,17-18H,12-13H2,1-3H3,(H,21,23)/t17-,18+/m1/s1. The minimum atomic E-state index is -0.0427. The van der Waals surface area contributed by atoms with Crippen molar-refractivity contribution in [1.29, 1.82) is 0 Å². The third kappa shape index (κ3) is 3.44. The Balaban J connectivity index is 1.78. The molecule has 0 radical (unpaired) electrons. The number of nitrogens with zero attached hydrogens (tertiary/aromatic N) is 1. The van der Waals surface area contributed by atoms with Gasteiger partial charge in [-0.05, 0) is 43.3 Å². The quantitative estimate of drug-likeness (QED) is 0.938. The summed E-state index contributed by atoms with van der Waals surface area (Å²) in [6.07, 6.45) is 0. The number of benzene rings is 2. The van der Waals surface area contributed by atoms with Crippen molar-refractivity contribution in [2.75, 3.05) is 32.6 Å². The van der Waals surface area contributed by atoms with Gasteiger partial charge in [0.25, 0.3) is 0 Å². The summed E-state index contributed by atoms with van der Waals surface area (Å²) in [6.45, 7) is 3.66. The molecule has 126 valence electrons. The van der Waals surface area contributed by atoms with Crippen molar-refractivity contribution in [1.82, 2.24) is 4.90 Å². The van der Waals surface area contributed by atoms with Gasteiger partial charge < -0.3 is 15.0 Å². The molecule has 1 saturated heterocycles. The monoisotopic (exact) mass is 324 g/mol. The molecule has 0 spiro atoms. The zero-order valence-corrected chi connectivity index (χ0v) is 14.5. The van der Waals surface area contributed by atoms with Gasteiger partial charge >= 0.3 is 0 Å². The highest BCUT2D eigenvalue weighted by atomic mass is 16.5. The molecule has 1 amide bonds. The van der Waals surface area contributed by atoms with E-state index in [1.54, 1.807) is 7.11 Å². The smallest absolute Gasteiger partial charge is 0.229 e. The maximum atomic E-state index is 12.9. The van der Waals surface area contributed by atoms with Crippen molar-refractivity contribution < 1.29 is 9.53 Å². The second-order valence-electron chi connectivity index (χ2n) is 6.51. The zero-order valence-electron chi connectivity index (χ0n) is 14.5. The summed E-state index contributed by atoms with van der Waals surface area (Å²) in [7, 11) is 3.72. The molecule has 2 aromatic rings. The molecule has 0 aliphatic carbocycles. The van der Waals surface area contributed by atoms with E-state index in [1.165, 1.54) is 5.56 Å². The molecule has 0 unspecified atom stereocenters. The van der Waals surface area contributed by atoms with Gasteiger partial charge in [-0.15, -0.1) is 0 Å². The Morgan fingerprint density at radius 2 is 1.92 bits per heavy atom. The maximum Gasteiger partial charge on any atom is 0.229 e. The molecule has 0 bridgehead atoms. The number of carbonyl (C=O) groups is 1. The first-order valence-corrected chi connectivity index (χ1v) is 8.27. The van der Waals surface area contributed by atoms with Crippen LogP contribution >= 0.6 is 0 Å². The lowest BCUT2D eigenvalue weighted by atomic mass is 9.88. The van der Waals surface area contributed by atoms with Gasteiger partial charge in [0.05, 0.1) is 13.0 Å². The Labute approximate surface area is 143 Å². The number of methoxy groups -OCH3 is 1. The molecular weight excluding hydrogens is 300 g/mol. The van der Waals surface area contributed by atoms with Gasteiger partial charge in [0, 0.05) is 24.7 Å². The van der Waals surface area contributed by atoms with Crippen molar-refractivity contribution in [3.63, 3.8) is 0 Å². The van der Waals surface area contributed by atoms with Crippen LogP contribution in [-0.2, 0) is 4.79 Å². The molecule has 24 heavy (non-hydrogen) atoms. The average Bonchev–Trinajstić information content (AvgIpc) is 2.99. The van der Waals surface area contributed by atoms with E-state index in [0.29, 0.717) is 0 Å². The van der Waals surface area contributed by atoms with E-state index in [9.17, 15) is 4.79 Å². The van der Waals surface area contributed by atoms with Gasteiger partial charge in [0.2, 0.25) is 5.91 Å².